The smallest absolute Gasteiger partial charge is 0.165 e. The van der Waals surface area contributed by atoms with E-state index >= 15 is 0 Å². The number of methoxy groups -OCH3 is 1. The van der Waals surface area contributed by atoms with E-state index in [0.717, 1.165) is 31.6 Å². The van der Waals surface area contributed by atoms with Gasteiger partial charge in [-0.05, 0) is 55.6 Å². The molecule has 3 aromatic rings. The van der Waals surface area contributed by atoms with E-state index in [4.69, 9.17) is 14.2 Å². The van der Waals surface area contributed by atoms with Crippen molar-refractivity contribution in [1.82, 2.24) is 19.7 Å². The zero-order valence-electron chi connectivity index (χ0n) is 19.4. The van der Waals surface area contributed by atoms with Crippen molar-refractivity contribution in [2.24, 2.45) is 0 Å². The maximum Gasteiger partial charge on any atom is 0.165 e. The highest BCUT2D eigenvalue weighted by atomic mass is 19.1. The molecule has 4 rings (SSSR count). The zero-order valence-corrected chi connectivity index (χ0v) is 19.4. The van der Waals surface area contributed by atoms with Crippen LogP contribution >= 0.6 is 0 Å². The van der Waals surface area contributed by atoms with Crippen LogP contribution in [0.15, 0.2) is 55.1 Å². The Kier molecular flexibility index (Phi) is 7.97. The summed E-state index contributed by atoms with van der Waals surface area (Å²) in [7, 11) is 1.63. The van der Waals surface area contributed by atoms with Crippen LogP contribution in [-0.2, 0) is 13.1 Å². The van der Waals surface area contributed by atoms with Crippen LogP contribution in [0.5, 0.6) is 17.2 Å². The molecule has 9 heteroatoms. The van der Waals surface area contributed by atoms with Gasteiger partial charge in [0.15, 0.2) is 23.1 Å². The maximum absolute atomic E-state index is 13.8. The summed E-state index contributed by atoms with van der Waals surface area (Å²) in [6, 6.07) is 12.2. The minimum atomic E-state index is -0.975. The molecule has 1 N–H and O–H groups in total. The van der Waals surface area contributed by atoms with Gasteiger partial charge in [-0.2, -0.15) is 0 Å². The lowest BCUT2D eigenvalue weighted by Crippen LogP contribution is -2.37. The summed E-state index contributed by atoms with van der Waals surface area (Å²) in [5.74, 6) is 1.13. The van der Waals surface area contributed by atoms with E-state index < -0.39 is 11.4 Å². The van der Waals surface area contributed by atoms with Gasteiger partial charge in [0.05, 0.1) is 19.3 Å². The molecule has 1 aliphatic heterocycles. The number of benzene rings is 2. The molecular weight excluding hydrogens is 439 g/mol. The maximum atomic E-state index is 13.8. The van der Waals surface area contributed by atoms with Gasteiger partial charge in [0.25, 0.3) is 0 Å². The standard InChI is InChI=1S/C25H31FN4O4/c1-32-24-15-20(7-8-23(24)33-14-13-30-18-27-28-19-30)16-29-11-4-9-25(31,10-12-29)17-34-22-6-3-2-5-21(22)26/h2-3,5-8,15,18-19,31H,4,9-14,16-17H2,1H3/t25-/m1/s1. The Morgan fingerprint density at radius 1 is 1.00 bits per heavy atom. The molecule has 2 heterocycles. The van der Waals surface area contributed by atoms with Gasteiger partial charge in [0.1, 0.15) is 25.9 Å². The van der Waals surface area contributed by atoms with Crippen molar-refractivity contribution < 1.29 is 23.7 Å². The second kappa shape index (κ2) is 11.3. The normalized spacial score (nSPS) is 18.9. The molecule has 0 aliphatic carbocycles. The first-order chi connectivity index (χ1) is 16.5. The van der Waals surface area contributed by atoms with Crippen molar-refractivity contribution in [1.29, 1.82) is 0 Å². The van der Waals surface area contributed by atoms with Gasteiger partial charge in [-0.1, -0.05) is 18.2 Å². The lowest BCUT2D eigenvalue weighted by Gasteiger charge is -2.27. The second-order valence-corrected chi connectivity index (χ2v) is 8.61. The number of nitrogens with zero attached hydrogens (tertiary/aromatic N) is 4. The highest BCUT2D eigenvalue weighted by molar-refractivity contribution is 5.43. The summed E-state index contributed by atoms with van der Waals surface area (Å²) in [6.07, 6.45) is 5.30. The van der Waals surface area contributed by atoms with Crippen LogP contribution in [0.1, 0.15) is 24.8 Å². The van der Waals surface area contributed by atoms with E-state index in [-0.39, 0.29) is 12.4 Å². The summed E-state index contributed by atoms with van der Waals surface area (Å²) in [5.41, 5.74) is 0.132. The molecule has 1 fully saturated rings. The number of aliphatic hydroxyl groups is 1. The van der Waals surface area contributed by atoms with Gasteiger partial charge in [-0.25, -0.2) is 4.39 Å². The Hall–Kier alpha value is -3.17. The van der Waals surface area contributed by atoms with Gasteiger partial charge in [-0.15, -0.1) is 10.2 Å². The topological polar surface area (TPSA) is 81.9 Å². The molecule has 0 saturated carbocycles. The summed E-state index contributed by atoms with van der Waals surface area (Å²) >= 11 is 0. The summed E-state index contributed by atoms with van der Waals surface area (Å²) < 4.78 is 32.7. The molecule has 0 bridgehead atoms. The molecule has 1 aliphatic rings. The lowest BCUT2D eigenvalue weighted by molar-refractivity contribution is -0.0177. The van der Waals surface area contributed by atoms with Gasteiger partial charge in [-0.3, -0.25) is 4.90 Å². The highest BCUT2D eigenvalue weighted by Crippen LogP contribution is 2.30. The van der Waals surface area contributed by atoms with Crippen LogP contribution in [0.3, 0.4) is 0 Å². The van der Waals surface area contributed by atoms with E-state index in [1.54, 1.807) is 38.0 Å². The number of para-hydroxylation sites is 1. The van der Waals surface area contributed by atoms with Crippen LogP contribution in [-0.4, -0.2) is 63.8 Å². The lowest BCUT2D eigenvalue weighted by atomic mass is 9.96. The molecule has 34 heavy (non-hydrogen) atoms. The van der Waals surface area contributed by atoms with Gasteiger partial charge in [0.2, 0.25) is 0 Å². The Labute approximate surface area is 198 Å². The molecule has 0 radical (unpaired) electrons. The molecule has 0 amide bonds. The summed E-state index contributed by atoms with van der Waals surface area (Å²) in [6.45, 7) is 3.53. The summed E-state index contributed by atoms with van der Waals surface area (Å²) in [4.78, 5) is 2.31. The molecule has 1 saturated heterocycles. The first kappa shape index (κ1) is 24.0. The van der Waals surface area contributed by atoms with Crippen LogP contribution in [0.2, 0.25) is 0 Å². The predicted molar refractivity (Wildman–Crippen MR) is 124 cm³/mol. The third-order valence-electron chi connectivity index (χ3n) is 6.05. The first-order valence-corrected chi connectivity index (χ1v) is 11.5. The molecule has 2 aromatic carbocycles. The van der Waals surface area contributed by atoms with Crippen LogP contribution in [0.4, 0.5) is 4.39 Å². The predicted octanol–water partition coefficient (Wildman–Crippen LogP) is 3.30. The number of hydrogen-bond acceptors (Lipinski definition) is 7. The van der Waals surface area contributed by atoms with Gasteiger partial charge >= 0.3 is 0 Å². The van der Waals surface area contributed by atoms with Crippen molar-refractivity contribution in [2.45, 2.75) is 38.0 Å². The monoisotopic (exact) mass is 470 g/mol. The van der Waals surface area contributed by atoms with Crippen molar-refractivity contribution in [3.05, 3.63) is 66.5 Å². The van der Waals surface area contributed by atoms with Crippen molar-refractivity contribution in [3.63, 3.8) is 0 Å². The Bertz CT molecular complexity index is 1050. The average Bonchev–Trinajstić information content (AvgIpc) is 3.29. The third kappa shape index (κ3) is 6.45. The second-order valence-electron chi connectivity index (χ2n) is 8.61. The molecule has 182 valence electrons. The van der Waals surface area contributed by atoms with E-state index in [1.807, 2.05) is 22.8 Å². The van der Waals surface area contributed by atoms with Gasteiger partial charge in [0, 0.05) is 13.1 Å². The van der Waals surface area contributed by atoms with Crippen molar-refractivity contribution >= 4 is 0 Å². The van der Waals surface area contributed by atoms with Gasteiger partial charge < -0.3 is 23.9 Å². The van der Waals surface area contributed by atoms with E-state index in [0.29, 0.717) is 37.5 Å². The van der Waals surface area contributed by atoms with Crippen LogP contribution in [0, 0.1) is 5.82 Å². The number of likely N-dealkylation sites (tertiary alicyclic amines) is 1. The Balaban J connectivity index is 1.29. The number of aromatic nitrogens is 3. The van der Waals surface area contributed by atoms with Crippen LogP contribution < -0.4 is 14.2 Å². The molecule has 0 unspecified atom stereocenters. The van der Waals surface area contributed by atoms with Crippen LogP contribution in [0.25, 0.3) is 0 Å². The quantitative estimate of drug-likeness (QED) is 0.487. The number of halogens is 1. The molecule has 1 atom stereocenters. The summed E-state index contributed by atoms with van der Waals surface area (Å²) in [5, 5.41) is 18.6. The third-order valence-corrected chi connectivity index (χ3v) is 6.05. The average molecular weight is 471 g/mol. The minimum absolute atomic E-state index is 0.0801. The molecular formula is C25H31FN4O4. The molecule has 1 aromatic heterocycles. The van der Waals surface area contributed by atoms with E-state index in [2.05, 4.69) is 15.1 Å². The zero-order chi connectivity index (χ0) is 23.8. The fourth-order valence-electron chi connectivity index (χ4n) is 4.10. The minimum Gasteiger partial charge on any atom is -0.493 e. The molecule has 0 spiro atoms. The van der Waals surface area contributed by atoms with E-state index in [1.165, 1.54) is 6.07 Å². The Morgan fingerprint density at radius 2 is 1.82 bits per heavy atom. The van der Waals surface area contributed by atoms with Crippen molar-refractivity contribution in [3.8, 4) is 17.2 Å². The van der Waals surface area contributed by atoms with E-state index in [9.17, 15) is 9.50 Å². The Morgan fingerprint density at radius 3 is 2.62 bits per heavy atom. The fraction of sp³-hybridized carbons (Fsp3) is 0.440. The fourth-order valence-corrected chi connectivity index (χ4v) is 4.10. The number of ether oxygens (including phenoxy) is 3. The largest absolute Gasteiger partial charge is 0.493 e. The number of hydrogen-bond donors (Lipinski definition) is 1. The number of rotatable bonds is 10. The molecule has 8 nitrogen and oxygen atoms in total. The highest BCUT2D eigenvalue weighted by Gasteiger charge is 2.31. The van der Waals surface area contributed by atoms with Crippen molar-refractivity contribution in [2.75, 3.05) is 33.4 Å². The first-order valence-electron chi connectivity index (χ1n) is 11.5. The SMILES string of the molecule is COc1cc(CN2CCC[C@](O)(COc3ccccc3F)CC2)ccc1OCCn1cnnc1.